The number of aromatic nitrogens is 2. The lowest BCUT2D eigenvalue weighted by atomic mass is 9.81. The molecular formula is C43H32N2. The van der Waals surface area contributed by atoms with Crippen molar-refractivity contribution in [3.05, 3.63) is 145 Å². The molecule has 0 N–H and O–H groups in total. The van der Waals surface area contributed by atoms with E-state index in [1.165, 1.54) is 87.5 Å². The summed E-state index contributed by atoms with van der Waals surface area (Å²) in [4.78, 5) is 4.57. The fraction of sp³-hybridized carbons (Fsp3) is 0.0930. The van der Waals surface area contributed by atoms with Crippen LogP contribution in [0.15, 0.2) is 134 Å². The summed E-state index contributed by atoms with van der Waals surface area (Å²) in [7, 11) is 0. The molecule has 0 radical (unpaired) electrons. The van der Waals surface area contributed by atoms with Crippen LogP contribution in [0.5, 0.6) is 0 Å². The molecule has 0 atom stereocenters. The Morgan fingerprint density at radius 2 is 1.24 bits per heavy atom. The van der Waals surface area contributed by atoms with Crippen LogP contribution in [0.3, 0.4) is 0 Å². The molecular weight excluding hydrogens is 544 g/mol. The first-order chi connectivity index (χ1) is 21.6. The van der Waals surface area contributed by atoms with Gasteiger partial charge in [-0.25, -0.2) is 0 Å². The molecule has 10 rings (SSSR count). The monoisotopic (exact) mass is 576 g/mol. The molecule has 0 aliphatic heterocycles. The first kappa shape index (κ1) is 26.0. The van der Waals surface area contributed by atoms with Gasteiger partial charge in [0, 0.05) is 34.3 Å². The highest BCUT2D eigenvalue weighted by molar-refractivity contribution is 6.34. The Morgan fingerprint density at radius 1 is 0.533 bits per heavy atom. The number of hydrogen-bond donors (Lipinski definition) is 0. The highest BCUT2D eigenvalue weighted by Gasteiger charge is 2.35. The van der Waals surface area contributed by atoms with Crippen molar-refractivity contribution >= 4 is 54.1 Å². The van der Waals surface area contributed by atoms with Crippen molar-refractivity contribution < 1.29 is 0 Å². The number of fused-ring (bicyclic) bond motifs is 7. The molecule has 214 valence electrons. The molecule has 2 heteroatoms. The molecule has 7 aromatic carbocycles. The van der Waals surface area contributed by atoms with Gasteiger partial charge in [-0.15, -0.1) is 0 Å². The van der Waals surface area contributed by atoms with Crippen molar-refractivity contribution in [2.45, 2.75) is 26.7 Å². The van der Waals surface area contributed by atoms with Gasteiger partial charge in [-0.05, 0) is 96.0 Å². The minimum atomic E-state index is -0.0294. The Hall–Kier alpha value is -5.47. The smallest absolute Gasteiger partial charge is 0.0572 e. The van der Waals surface area contributed by atoms with Gasteiger partial charge in [-0.1, -0.05) is 112 Å². The molecule has 2 aromatic heterocycles. The molecule has 0 amide bonds. The summed E-state index contributed by atoms with van der Waals surface area (Å²) in [6.45, 7) is 4.72. The predicted octanol–water partition coefficient (Wildman–Crippen LogP) is 11.7. The van der Waals surface area contributed by atoms with Crippen LogP contribution in [-0.2, 0) is 5.41 Å². The fourth-order valence-corrected chi connectivity index (χ4v) is 8.20. The van der Waals surface area contributed by atoms with E-state index in [9.17, 15) is 0 Å². The molecule has 0 spiro atoms. The van der Waals surface area contributed by atoms with E-state index in [1.807, 2.05) is 12.4 Å². The first-order valence-electron chi connectivity index (χ1n) is 15.4. The second kappa shape index (κ2) is 9.03. The van der Waals surface area contributed by atoms with Gasteiger partial charge < -0.3 is 4.57 Å². The van der Waals surface area contributed by atoms with Gasteiger partial charge in [0.1, 0.15) is 0 Å². The average Bonchev–Trinajstić information content (AvgIpc) is 3.52. The number of para-hydroxylation sites is 1. The zero-order chi connectivity index (χ0) is 29.2. The molecule has 0 unspecified atom stereocenters. The van der Waals surface area contributed by atoms with Gasteiger partial charge in [0.05, 0.1) is 11.0 Å². The van der Waals surface area contributed by atoms with E-state index in [0.717, 1.165) is 5.69 Å². The first-order valence-corrected chi connectivity index (χ1v) is 15.4. The zero-order valence-corrected chi connectivity index (χ0v) is 24.6. The number of hydrogen-bond acceptors (Lipinski definition) is 1. The van der Waals surface area contributed by atoms with Gasteiger partial charge in [0.2, 0.25) is 0 Å². The quantitative estimate of drug-likeness (QED) is 0.187. The minimum absolute atomic E-state index is 0. The second-order valence-electron chi connectivity index (χ2n) is 12.8. The van der Waals surface area contributed by atoms with Crippen molar-refractivity contribution in [2.24, 2.45) is 0 Å². The fourth-order valence-electron chi connectivity index (χ4n) is 8.20. The molecule has 1 aliphatic carbocycles. The molecule has 2 heterocycles. The van der Waals surface area contributed by atoms with Crippen LogP contribution in [0.25, 0.3) is 82.1 Å². The van der Waals surface area contributed by atoms with E-state index in [2.05, 4.69) is 145 Å². The number of nitrogens with zero attached hydrogens (tertiary/aromatic N) is 2. The van der Waals surface area contributed by atoms with Gasteiger partial charge in [-0.3, -0.25) is 4.98 Å². The lowest BCUT2D eigenvalue weighted by molar-refractivity contribution is 0.660. The lowest BCUT2D eigenvalue weighted by Gasteiger charge is -2.22. The molecule has 1 aliphatic rings. The Bertz CT molecular complexity index is 2620. The van der Waals surface area contributed by atoms with E-state index in [4.69, 9.17) is 0 Å². The topological polar surface area (TPSA) is 17.8 Å². The van der Waals surface area contributed by atoms with Crippen LogP contribution in [0.1, 0.15) is 32.4 Å². The van der Waals surface area contributed by atoms with Gasteiger partial charge in [0.15, 0.2) is 0 Å². The van der Waals surface area contributed by atoms with Crippen molar-refractivity contribution in [1.82, 2.24) is 9.55 Å². The third-order valence-corrected chi connectivity index (χ3v) is 10.2. The van der Waals surface area contributed by atoms with Gasteiger partial charge in [0.25, 0.3) is 0 Å². The molecule has 0 bridgehead atoms. The number of benzene rings is 7. The van der Waals surface area contributed by atoms with Gasteiger partial charge >= 0.3 is 0 Å². The maximum absolute atomic E-state index is 4.57. The van der Waals surface area contributed by atoms with Crippen molar-refractivity contribution in [3.63, 3.8) is 0 Å². The number of pyridine rings is 1. The van der Waals surface area contributed by atoms with Crippen LogP contribution in [0.4, 0.5) is 0 Å². The normalized spacial score (nSPS) is 13.6. The maximum atomic E-state index is 4.57. The molecule has 2 nitrogen and oxygen atoms in total. The molecule has 0 saturated heterocycles. The molecule has 0 fully saturated rings. The predicted molar refractivity (Wildman–Crippen MR) is 192 cm³/mol. The largest absolute Gasteiger partial charge is 0.309 e. The third-order valence-electron chi connectivity index (χ3n) is 10.2. The molecule has 9 aromatic rings. The molecule has 45 heavy (non-hydrogen) atoms. The Kier molecular flexibility index (Phi) is 5.21. The maximum Gasteiger partial charge on any atom is 0.0572 e. The summed E-state index contributed by atoms with van der Waals surface area (Å²) in [5, 5.41) is 10.3. The van der Waals surface area contributed by atoms with Crippen molar-refractivity contribution in [3.8, 4) is 27.9 Å². The second-order valence-corrected chi connectivity index (χ2v) is 12.8. The highest BCUT2D eigenvalue weighted by Crippen LogP contribution is 2.50. The van der Waals surface area contributed by atoms with Crippen LogP contribution >= 0.6 is 0 Å². The summed E-state index contributed by atoms with van der Waals surface area (Å²) < 4.78 is 2.39. The summed E-state index contributed by atoms with van der Waals surface area (Å²) >= 11 is 0. The van der Waals surface area contributed by atoms with Gasteiger partial charge in [-0.2, -0.15) is 0 Å². The van der Waals surface area contributed by atoms with Crippen LogP contribution < -0.4 is 0 Å². The van der Waals surface area contributed by atoms with E-state index in [1.54, 1.807) is 0 Å². The van der Waals surface area contributed by atoms with Crippen LogP contribution in [-0.4, -0.2) is 9.55 Å². The highest BCUT2D eigenvalue weighted by atomic mass is 15.0. The van der Waals surface area contributed by atoms with Crippen LogP contribution in [0, 0.1) is 0 Å². The average molecular weight is 577 g/mol. The Labute approximate surface area is 262 Å². The van der Waals surface area contributed by atoms with E-state index >= 15 is 0 Å². The Balaban J connectivity index is 0.00000281. The summed E-state index contributed by atoms with van der Waals surface area (Å²) in [5.74, 6) is 0. The zero-order valence-electron chi connectivity index (χ0n) is 24.6. The summed E-state index contributed by atoms with van der Waals surface area (Å²) in [6.07, 6.45) is 3.93. The van der Waals surface area contributed by atoms with Crippen molar-refractivity contribution in [2.75, 3.05) is 0 Å². The standard InChI is InChI=1S/C42H28N2.CH4/c1-42(2)35-11-7-6-10-30(35)31-17-14-26(22-36(31)42)29-16-12-25-13-19-33-40-27(15-18-32(29)39(25)40)23-38-41(33)34-24-43-21-20-37(34)44(38)28-8-4-3-5-9-28;/h3-24H,1-2H3;1H4. The van der Waals surface area contributed by atoms with E-state index < -0.39 is 0 Å². The minimum Gasteiger partial charge on any atom is -0.309 e. The van der Waals surface area contributed by atoms with E-state index in [0.29, 0.717) is 0 Å². The van der Waals surface area contributed by atoms with E-state index in [-0.39, 0.29) is 12.8 Å². The molecule has 0 saturated carbocycles. The number of rotatable bonds is 2. The lowest BCUT2D eigenvalue weighted by Crippen LogP contribution is -2.14. The Morgan fingerprint density at radius 3 is 2.13 bits per heavy atom. The van der Waals surface area contributed by atoms with Crippen LogP contribution in [0.2, 0.25) is 0 Å². The SMILES string of the molecule is C.CC1(C)c2ccccc2-c2ccc(-c3ccc4ccc5c6c(ccc3c46)cc3c5c4cnccc4n3-c3ccccc3)cc21. The van der Waals surface area contributed by atoms with Crippen molar-refractivity contribution in [1.29, 1.82) is 0 Å². The summed E-state index contributed by atoms with van der Waals surface area (Å²) in [5.41, 5.74) is 11.6. The summed E-state index contributed by atoms with van der Waals surface area (Å²) in [6, 6.07) is 45.1. The third kappa shape index (κ3) is 3.32.